The summed E-state index contributed by atoms with van der Waals surface area (Å²) in [6.45, 7) is -1.14. The lowest BCUT2D eigenvalue weighted by Gasteiger charge is -2.13. The Bertz CT molecular complexity index is 1490. The highest BCUT2D eigenvalue weighted by atomic mass is 35.5. The van der Waals surface area contributed by atoms with Crippen LogP contribution in [0.2, 0.25) is 5.02 Å². The number of rotatable bonds is 6. The van der Waals surface area contributed by atoms with E-state index in [2.05, 4.69) is 9.97 Å². The zero-order chi connectivity index (χ0) is 23.7. The lowest BCUT2D eigenvalue weighted by molar-refractivity contribution is 0.0820. The van der Waals surface area contributed by atoms with Gasteiger partial charge in [-0.25, -0.2) is 18.1 Å². The van der Waals surface area contributed by atoms with E-state index in [-0.39, 0.29) is 34.9 Å². The van der Waals surface area contributed by atoms with Crippen molar-refractivity contribution in [2.75, 3.05) is 6.61 Å². The standard InChI is InChI=1S/C22H16ClF2N3O5/c23-19-20(33-10-12-2-3-14(24)7-15(12)25)13(8-26-21(19)31)5-11-1-4-16-17(6-11)28(18(30)9-29)22(32)27-16/h1-4,6-8,29H,5,9-10H2,(H,26,31)(H,27,32). The van der Waals surface area contributed by atoms with Gasteiger partial charge < -0.3 is 19.8 Å². The third kappa shape index (κ3) is 4.43. The van der Waals surface area contributed by atoms with Crippen LogP contribution in [-0.2, 0) is 13.0 Å². The predicted molar refractivity (Wildman–Crippen MR) is 116 cm³/mol. The van der Waals surface area contributed by atoms with Crippen LogP contribution < -0.4 is 16.0 Å². The van der Waals surface area contributed by atoms with E-state index in [0.29, 0.717) is 16.6 Å². The Balaban J connectivity index is 1.69. The van der Waals surface area contributed by atoms with Gasteiger partial charge in [-0.2, -0.15) is 0 Å². The molecule has 0 amide bonds. The molecule has 0 saturated heterocycles. The Kier molecular flexibility index (Phi) is 6.12. The second-order valence-corrected chi connectivity index (χ2v) is 7.53. The maximum atomic E-state index is 14.0. The van der Waals surface area contributed by atoms with Gasteiger partial charge in [0.05, 0.1) is 11.0 Å². The van der Waals surface area contributed by atoms with Crippen molar-refractivity contribution in [2.24, 2.45) is 0 Å². The third-order valence-electron chi connectivity index (χ3n) is 4.98. The first-order valence-corrected chi connectivity index (χ1v) is 10.0. The summed E-state index contributed by atoms with van der Waals surface area (Å²) in [6.07, 6.45) is 1.55. The molecule has 0 aliphatic heterocycles. The smallest absolute Gasteiger partial charge is 0.333 e. The summed E-state index contributed by atoms with van der Waals surface area (Å²) < 4.78 is 33.6. The van der Waals surface area contributed by atoms with Crippen LogP contribution in [0.5, 0.6) is 5.75 Å². The van der Waals surface area contributed by atoms with Crippen LogP contribution >= 0.6 is 11.6 Å². The van der Waals surface area contributed by atoms with Gasteiger partial charge in [0, 0.05) is 29.8 Å². The van der Waals surface area contributed by atoms with Gasteiger partial charge in [0.1, 0.15) is 35.6 Å². The third-order valence-corrected chi connectivity index (χ3v) is 5.33. The number of hydrogen-bond donors (Lipinski definition) is 3. The Morgan fingerprint density at radius 2 is 1.91 bits per heavy atom. The molecule has 0 unspecified atom stereocenters. The lowest BCUT2D eigenvalue weighted by Crippen LogP contribution is -2.26. The fraction of sp³-hybridized carbons (Fsp3) is 0.136. The summed E-state index contributed by atoms with van der Waals surface area (Å²) in [5.41, 5.74) is 0.508. The molecule has 170 valence electrons. The first kappa shape index (κ1) is 22.4. The quantitative estimate of drug-likeness (QED) is 0.396. The largest absolute Gasteiger partial charge is 0.487 e. The monoisotopic (exact) mass is 475 g/mol. The number of carbonyl (C=O) groups is 1. The number of hydrogen-bond acceptors (Lipinski definition) is 5. The van der Waals surface area contributed by atoms with Gasteiger partial charge in [-0.15, -0.1) is 0 Å². The number of pyridine rings is 1. The van der Waals surface area contributed by atoms with Crippen molar-refractivity contribution < 1.29 is 23.4 Å². The maximum Gasteiger partial charge on any atom is 0.333 e. The summed E-state index contributed by atoms with van der Waals surface area (Å²) in [7, 11) is 0. The van der Waals surface area contributed by atoms with Gasteiger partial charge in [-0.3, -0.25) is 9.59 Å². The second kappa shape index (κ2) is 9.00. The van der Waals surface area contributed by atoms with Gasteiger partial charge in [-0.1, -0.05) is 17.7 Å². The normalized spacial score (nSPS) is 11.2. The average Bonchev–Trinajstić information content (AvgIpc) is 3.11. The molecule has 11 heteroatoms. The number of aliphatic hydroxyl groups is 1. The van der Waals surface area contributed by atoms with Gasteiger partial charge >= 0.3 is 5.69 Å². The van der Waals surface area contributed by atoms with Crippen LogP contribution in [0.4, 0.5) is 8.78 Å². The number of nitrogens with one attached hydrogen (secondary N) is 2. The Morgan fingerprint density at radius 3 is 2.64 bits per heavy atom. The number of nitrogens with zero attached hydrogens (tertiary/aromatic N) is 1. The minimum Gasteiger partial charge on any atom is -0.487 e. The molecule has 0 radical (unpaired) electrons. The van der Waals surface area contributed by atoms with Crippen LogP contribution in [0.3, 0.4) is 0 Å². The van der Waals surface area contributed by atoms with Crippen molar-refractivity contribution >= 4 is 28.5 Å². The van der Waals surface area contributed by atoms with Crippen molar-refractivity contribution in [1.29, 1.82) is 0 Å². The number of carbonyl (C=O) groups excluding carboxylic acids is 1. The Morgan fingerprint density at radius 1 is 1.12 bits per heavy atom. The van der Waals surface area contributed by atoms with Crippen molar-refractivity contribution in [2.45, 2.75) is 13.0 Å². The molecule has 2 heterocycles. The second-order valence-electron chi connectivity index (χ2n) is 7.16. The minimum atomic E-state index is -0.843. The van der Waals surface area contributed by atoms with E-state index in [1.54, 1.807) is 18.2 Å². The lowest BCUT2D eigenvalue weighted by atomic mass is 10.0. The van der Waals surface area contributed by atoms with E-state index < -0.39 is 35.4 Å². The van der Waals surface area contributed by atoms with Gasteiger partial charge in [0.15, 0.2) is 0 Å². The van der Waals surface area contributed by atoms with Crippen LogP contribution in [-0.4, -0.2) is 32.2 Å². The van der Waals surface area contributed by atoms with Gasteiger partial charge in [-0.05, 0) is 29.8 Å². The molecule has 0 fully saturated rings. The molecule has 4 aromatic rings. The number of benzene rings is 2. The maximum absolute atomic E-state index is 14.0. The van der Waals surface area contributed by atoms with Crippen LogP contribution in [0.1, 0.15) is 21.5 Å². The summed E-state index contributed by atoms with van der Waals surface area (Å²) in [4.78, 5) is 41.0. The number of halogens is 3. The van der Waals surface area contributed by atoms with Crippen LogP contribution in [0.15, 0.2) is 52.2 Å². The molecule has 2 aromatic heterocycles. The molecular weight excluding hydrogens is 460 g/mol. The zero-order valence-electron chi connectivity index (χ0n) is 16.8. The molecule has 3 N–H and O–H groups in total. The van der Waals surface area contributed by atoms with Crippen molar-refractivity contribution in [1.82, 2.24) is 14.5 Å². The molecule has 2 aromatic carbocycles. The summed E-state index contributed by atoms with van der Waals surface area (Å²) in [5, 5.41) is 8.89. The molecule has 0 aliphatic rings. The topological polar surface area (TPSA) is 117 Å². The van der Waals surface area contributed by atoms with E-state index in [9.17, 15) is 23.2 Å². The summed E-state index contributed by atoms with van der Waals surface area (Å²) >= 11 is 6.13. The molecule has 0 atom stereocenters. The van der Waals surface area contributed by atoms with Crippen LogP contribution in [0, 0.1) is 11.6 Å². The first-order valence-electron chi connectivity index (χ1n) is 9.63. The molecule has 0 aliphatic carbocycles. The highest BCUT2D eigenvalue weighted by molar-refractivity contribution is 6.31. The fourth-order valence-electron chi connectivity index (χ4n) is 3.40. The number of fused-ring (bicyclic) bond motifs is 1. The van der Waals surface area contributed by atoms with E-state index in [0.717, 1.165) is 16.7 Å². The van der Waals surface area contributed by atoms with Gasteiger partial charge in [0.2, 0.25) is 0 Å². The van der Waals surface area contributed by atoms with E-state index in [1.165, 1.54) is 12.3 Å². The van der Waals surface area contributed by atoms with E-state index in [1.807, 2.05) is 0 Å². The molecule has 33 heavy (non-hydrogen) atoms. The SMILES string of the molecule is O=C(CO)n1c(=O)[nH]c2ccc(Cc3c[nH]c(=O)c(Cl)c3OCc3ccc(F)cc3F)cc21. The highest BCUT2D eigenvalue weighted by Gasteiger charge is 2.17. The Labute approximate surface area is 189 Å². The number of aliphatic hydroxyl groups excluding tert-OH is 1. The number of aromatic amines is 2. The fourth-order valence-corrected chi connectivity index (χ4v) is 3.63. The molecule has 0 bridgehead atoms. The van der Waals surface area contributed by atoms with Crippen molar-refractivity contribution in [3.63, 3.8) is 0 Å². The number of ether oxygens (including phenoxy) is 1. The van der Waals surface area contributed by atoms with Crippen molar-refractivity contribution in [3.8, 4) is 5.75 Å². The van der Waals surface area contributed by atoms with E-state index >= 15 is 0 Å². The summed E-state index contributed by atoms with van der Waals surface area (Å²) in [5.74, 6) is -2.31. The predicted octanol–water partition coefficient (Wildman–Crippen LogP) is 2.75. The highest BCUT2D eigenvalue weighted by Crippen LogP contribution is 2.29. The minimum absolute atomic E-state index is 0.0159. The first-order chi connectivity index (χ1) is 15.8. The zero-order valence-corrected chi connectivity index (χ0v) is 17.6. The molecular formula is C22H16ClF2N3O5. The molecule has 0 saturated carbocycles. The number of H-pyrrole nitrogens is 2. The van der Waals surface area contributed by atoms with E-state index in [4.69, 9.17) is 21.4 Å². The molecule has 8 nitrogen and oxygen atoms in total. The molecule has 4 rings (SSSR count). The molecule has 0 spiro atoms. The number of aromatic nitrogens is 3. The average molecular weight is 476 g/mol. The Hall–Kier alpha value is -3.76. The summed E-state index contributed by atoms with van der Waals surface area (Å²) in [6, 6.07) is 7.88. The number of imidazole rings is 1. The van der Waals surface area contributed by atoms with Crippen molar-refractivity contribution in [3.05, 3.63) is 96.8 Å². The van der Waals surface area contributed by atoms with Crippen LogP contribution in [0.25, 0.3) is 11.0 Å². The van der Waals surface area contributed by atoms with Gasteiger partial charge in [0.25, 0.3) is 11.5 Å².